The second-order valence-corrected chi connectivity index (χ2v) is 3.57. The number of nitrogens with two attached hydrogens (primary N) is 1. The van der Waals surface area contributed by atoms with Gasteiger partial charge in [0, 0.05) is 12.6 Å². The summed E-state index contributed by atoms with van der Waals surface area (Å²) in [7, 11) is 0. The first-order valence-corrected chi connectivity index (χ1v) is 5.20. The Kier molecular flexibility index (Phi) is 4.15. The SMILES string of the molecule is CCC(CC)n1cc(C/C(N)=N/O)cn1. The summed E-state index contributed by atoms with van der Waals surface area (Å²) in [5, 5.41) is 15.6. The molecule has 0 aliphatic carbocycles. The molecule has 1 rings (SSSR count). The van der Waals surface area contributed by atoms with Crippen LogP contribution in [0.1, 0.15) is 38.3 Å². The van der Waals surface area contributed by atoms with Gasteiger partial charge in [0.25, 0.3) is 0 Å². The van der Waals surface area contributed by atoms with Crippen LogP contribution in [0.2, 0.25) is 0 Å². The smallest absolute Gasteiger partial charge is 0.143 e. The molecule has 0 aliphatic rings. The van der Waals surface area contributed by atoms with E-state index in [1.54, 1.807) is 6.20 Å². The minimum Gasteiger partial charge on any atom is -0.409 e. The molecule has 5 heteroatoms. The van der Waals surface area contributed by atoms with E-state index in [0.29, 0.717) is 12.5 Å². The van der Waals surface area contributed by atoms with Crippen molar-refractivity contribution in [2.75, 3.05) is 0 Å². The monoisotopic (exact) mass is 210 g/mol. The molecular weight excluding hydrogens is 192 g/mol. The summed E-state index contributed by atoms with van der Waals surface area (Å²) in [5.41, 5.74) is 6.39. The Hall–Kier alpha value is -1.52. The van der Waals surface area contributed by atoms with Crippen molar-refractivity contribution in [2.45, 2.75) is 39.2 Å². The fourth-order valence-corrected chi connectivity index (χ4v) is 1.58. The van der Waals surface area contributed by atoms with Gasteiger partial charge in [-0.25, -0.2) is 0 Å². The summed E-state index contributed by atoms with van der Waals surface area (Å²) in [4.78, 5) is 0. The van der Waals surface area contributed by atoms with Gasteiger partial charge < -0.3 is 10.9 Å². The second kappa shape index (κ2) is 5.38. The van der Waals surface area contributed by atoms with Gasteiger partial charge in [-0.2, -0.15) is 5.10 Å². The van der Waals surface area contributed by atoms with E-state index in [0.717, 1.165) is 18.4 Å². The van der Waals surface area contributed by atoms with E-state index in [-0.39, 0.29) is 5.84 Å². The number of aromatic nitrogens is 2. The Morgan fingerprint density at radius 1 is 1.60 bits per heavy atom. The molecule has 1 aromatic rings. The molecule has 0 atom stereocenters. The highest BCUT2D eigenvalue weighted by atomic mass is 16.4. The summed E-state index contributed by atoms with van der Waals surface area (Å²) in [5.74, 6) is 0.207. The summed E-state index contributed by atoms with van der Waals surface area (Å²) in [6, 6.07) is 0.436. The van der Waals surface area contributed by atoms with E-state index in [1.165, 1.54) is 0 Å². The zero-order valence-electron chi connectivity index (χ0n) is 9.22. The van der Waals surface area contributed by atoms with Crippen LogP contribution in [0.25, 0.3) is 0 Å². The number of amidine groups is 1. The summed E-state index contributed by atoms with van der Waals surface area (Å²) in [6.45, 7) is 4.28. The van der Waals surface area contributed by atoms with Crippen molar-refractivity contribution in [3.63, 3.8) is 0 Å². The average Bonchev–Trinajstić information content (AvgIpc) is 2.68. The molecule has 0 aromatic carbocycles. The van der Waals surface area contributed by atoms with Crippen LogP contribution in [0.15, 0.2) is 17.5 Å². The lowest BCUT2D eigenvalue weighted by Gasteiger charge is -2.12. The number of hydrogen-bond acceptors (Lipinski definition) is 3. The van der Waals surface area contributed by atoms with Gasteiger partial charge in [0.15, 0.2) is 0 Å². The molecule has 0 saturated carbocycles. The molecule has 84 valence electrons. The molecule has 0 amide bonds. The Morgan fingerprint density at radius 2 is 2.27 bits per heavy atom. The van der Waals surface area contributed by atoms with Crippen molar-refractivity contribution >= 4 is 5.84 Å². The first-order chi connectivity index (χ1) is 7.21. The third-order valence-corrected chi connectivity index (χ3v) is 2.49. The molecule has 0 aliphatic heterocycles. The quantitative estimate of drug-likeness (QED) is 0.335. The molecule has 0 spiro atoms. The zero-order chi connectivity index (χ0) is 11.3. The van der Waals surface area contributed by atoms with Gasteiger partial charge in [-0.15, -0.1) is 0 Å². The van der Waals surface area contributed by atoms with Crippen molar-refractivity contribution in [3.8, 4) is 0 Å². The molecule has 0 unspecified atom stereocenters. The third kappa shape index (κ3) is 2.97. The second-order valence-electron chi connectivity index (χ2n) is 3.57. The summed E-state index contributed by atoms with van der Waals surface area (Å²) >= 11 is 0. The van der Waals surface area contributed by atoms with Crippen LogP contribution in [-0.4, -0.2) is 20.8 Å². The van der Waals surface area contributed by atoms with Crippen molar-refractivity contribution in [3.05, 3.63) is 18.0 Å². The lowest BCUT2D eigenvalue weighted by molar-refractivity contribution is 0.317. The van der Waals surface area contributed by atoms with Crippen molar-refractivity contribution in [1.29, 1.82) is 0 Å². The average molecular weight is 210 g/mol. The summed E-state index contributed by atoms with van der Waals surface area (Å²) < 4.78 is 1.94. The first kappa shape index (κ1) is 11.6. The van der Waals surface area contributed by atoms with Gasteiger partial charge in [0.1, 0.15) is 5.84 Å². The molecule has 15 heavy (non-hydrogen) atoms. The number of nitrogens with zero attached hydrogens (tertiary/aromatic N) is 3. The molecule has 1 aromatic heterocycles. The Balaban J connectivity index is 2.71. The maximum atomic E-state index is 8.44. The van der Waals surface area contributed by atoms with E-state index in [9.17, 15) is 0 Å². The Morgan fingerprint density at radius 3 is 2.80 bits per heavy atom. The largest absolute Gasteiger partial charge is 0.409 e. The van der Waals surface area contributed by atoms with E-state index in [1.807, 2.05) is 10.9 Å². The predicted molar refractivity (Wildman–Crippen MR) is 59.0 cm³/mol. The van der Waals surface area contributed by atoms with Crippen molar-refractivity contribution < 1.29 is 5.21 Å². The van der Waals surface area contributed by atoms with Crippen molar-refractivity contribution in [2.24, 2.45) is 10.9 Å². The van der Waals surface area contributed by atoms with Crippen LogP contribution >= 0.6 is 0 Å². The fourth-order valence-electron chi connectivity index (χ4n) is 1.58. The molecule has 5 nitrogen and oxygen atoms in total. The molecule has 3 N–H and O–H groups in total. The van der Waals surface area contributed by atoms with Crippen molar-refractivity contribution in [1.82, 2.24) is 9.78 Å². The van der Waals surface area contributed by atoms with E-state index in [2.05, 4.69) is 24.1 Å². The topological polar surface area (TPSA) is 76.4 Å². The number of hydrogen-bond donors (Lipinski definition) is 2. The third-order valence-electron chi connectivity index (χ3n) is 2.49. The van der Waals surface area contributed by atoms with Crippen LogP contribution in [-0.2, 0) is 6.42 Å². The van der Waals surface area contributed by atoms with Gasteiger partial charge in [-0.3, -0.25) is 4.68 Å². The van der Waals surface area contributed by atoms with Gasteiger partial charge in [-0.1, -0.05) is 19.0 Å². The predicted octanol–water partition coefficient (Wildman–Crippen LogP) is 1.53. The summed E-state index contributed by atoms with van der Waals surface area (Å²) in [6.07, 6.45) is 6.27. The van der Waals surface area contributed by atoms with Gasteiger partial charge >= 0.3 is 0 Å². The molecule has 0 fully saturated rings. The van der Waals surface area contributed by atoms with E-state index >= 15 is 0 Å². The van der Waals surface area contributed by atoms with Gasteiger partial charge in [0.05, 0.1) is 12.2 Å². The maximum Gasteiger partial charge on any atom is 0.143 e. The zero-order valence-corrected chi connectivity index (χ0v) is 9.22. The normalized spacial score (nSPS) is 12.3. The highest BCUT2D eigenvalue weighted by molar-refractivity contribution is 5.81. The molecular formula is C10H18N4O. The van der Waals surface area contributed by atoms with Crippen LogP contribution in [0.4, 0.5) is 0 Å². The standard InChI is InChI=1S/C10H18N4O/c1-3-9(4-2)14-7-8(6-12-14)5-10(11)13-15/h6-7,9,15H,3-5H2,1-2H3,(H2,11,13). The molecule has 0 bridgehead atoms. The molecule has 1 heterocycles. The Labute approximate surface area is 89.6 Å². The van der Waals surface area contributed by atoms with Crippen LogP contribution in [0.5, 0.6) is 0 Å². The fraction of sp³-hybridized carbons (Fsp3) is 0.600. The minimum absolute atomic E-state index is 0.207. The number of rotatable bonds is 5. The van der Waals surface area contributed by atoms with Crippen LogP contribution in [0, 0.1) is 0 Å². The van der Waals surface area contributed by atoms with Crippen LogP contribution < -0.4 is 5.73 Å². The highest BCUT2D eigenvalue weighted by Gasteiger charge is 2.08. The maximum absolute atomic E-state index is 8.44. The molecule has 0 radical (unpaired) electrons. The van der Waals surface area contributed by atoms with Gasteiger partial charge in [0.2, 0.25) is 0 Å². The highest BCUT2D eigenvalue weighted by Crippen LogP contribution is 2.14. The molecule has 0 saturated heterocycles. The lowest BCUT2D eigenvalue weighted by atomic mass is 10.2. The van der Waals surface area contributed by atoms with E-state index < -0.39 is 0 Å². The number of oxime groups is 1. The van der Waals surface area contributed by atoms with Gasteiger partial charge in [-0.05, 0) is 18.4 Å². The van der Waals surface area contributed by atoms with Crippen LogP contribution in [0.3, 0.4) is 0 Å². The first-order valence-electron chi connectivity index (χ1n) is 5.20. The minimum atomic E-state index is 0.207. The lowest BCUT2D eigenvalue weighted by Crippen LogP contribution is -2.14. The Bertz CT molecular complexity index is 328. The van der Waals surface area contributed by atoms with E-state index in [4.69, 9.17) is 10.9 Å².